The smallest absolute Gasteiger partial charge is 0.129 e. The van der Waals surface area contributed by atoms with E-state index in [0.717, 1.165) is 23.8 Å². The maximum absolute atomic E-state index is 5.93. The van der Waals surface area contributed by atoms with Gasteiger partial charge in [-0.1, -0.05) is 0 Å². The summed E-state index contributed by atoms with van der Waals surface area (Å²) in [5.74, 6) is 1.94. The van der Waals surface area contributed by atoms with E-state index >= 15 is 0 Å². The molecule has 1 fully saturated rings. The minimum Gasteiger partial charge on any atom is -0.354 e. The van der Waals surface area contributed by atoms with Crippen molar-refractivity contribution in [3.8, 4) is 0 Å². The van der Waals surface area contributed by atoms with Crippen molar-refractivity contribution in [1.29, 1.82) is 0 Å². The highest BCUT2D eigenvalue weighted by Gasteiger charge is 2.26. The van der Waals surface area contributed by atoms with E-state index in [-0.39, 0.29) is 6.04 Å². The maximum Gasteiger partial charge on any atom is 0.129 e. The van der Waals surface area contributed by atoms with Gasteiger partial charge in [-0.05, 0) is 57.2 Å². The first-order valence-electron chi connectivity index (χ1n) is 6.56. The molecule has 0 spiro atoms. The van der Waals surface area contributed by atoms with Crippen LogP contribution >= 0.6 is 0 Å². The zero-order chi connectivity index (χ0) is 12.4. The van der Waals surface area contributed by atoms with Gasteiger partial charge in [0.05, 0.1) is 0 Å². The summed E-state index contributed by atoms with van der Waals surface area (Å²) in [5, 5.41) is 0. The monoisotopic (exact) mass is 233 g/mol. The van der Waals surface area contributed by atoms with Gasteiger partial charge in [-0.2, -0.15) is 0 Å². The van der Waals surface area contributed by atoms with Gasteiger partial charge in [-0.3, -0.25) is 0 Å². The zero-order valence-corrected chi connectivity index (χ0v) is 11.1. The lowest BCUT2D eigenvalue weighted by atomic mass is 10.1. The summed E-state index contributed by atoms with van der Waals surface area (Å²) in [7, 11) is 0. The minimum atomic E-state index is 0.0756. The Labute approximate surface area is 104 Å². The largest absolute Gasteiger partial charge is 0.354 e. The lowest BCUT2D eigenvalue weighted by Gasteiger charge is -2.28. The molecule has 1 aliphatic rings. The Kier molecular flexibility index (Phi) is 3.67. The van der Waals surface area contributed by atoms with Crippen molar-refractivity contribution in [2.45, 2.75) is 45.7 Å². The van der Waals surface area contributed by atoms with Crippen molar-refractivity contribution in [3.05, 3.63) is 23.9 Å². The minimum absolute atomic E-state index is 0.0756. The fourth-order valence-corrected chi connectivity index (χ4v) is 2.02. The molecule has 2 N–H and O–H groups in total. The molecule has 0 aromatic carbocycles. The van der Waals surface area contributed by atoms with Gasteiger partial charge in [-0.15, -0.1) is 0 Å². The quantitative estimate of drug-likeness (QED) is 0.850. The predicted octanol–water partition coefficient (Wildman–Crippen LogP) is 2.73. The molecule has 3 heteroatoms. The van der Waals surface area contributed by atoms with Crippen molar-refractivity contribution in [3.63, 3.8) is 0 Å². The van der Waals surface area contributed by atoms with Crippen LogP contribution in [0.15, 0.2) is 18.3 Å². The van der Waals surface area contributed by atoms with Crippen molar-refractivity contribution in [2.24, 2.45) is 11.7 Å². The molecular formula is C14H23N3. The average molecular weight is 233 g/mol. The van der Waals surface area contributed by atoms with Crippen LogP contribution in [0.2, 0.25) is 0 Å². The Morgan fingerprint density at radius 2 is 2.12 bits per heavy atom. The van der Waals surface area contributed by atoms with Crippen LogP contribution in [-0.4, -0.2) is 17.6 Å². The molecule has 1 atom stereocenters. The predicted molar refractivity (Wildman–Crippen MR) is 72.0 cm³/mol. The van der Waals surface area contributed by atoms with E-state index in [9.17, 15) is 0 Å². The third-order valence-corrected chi connectivity index (χ3v) is 3.36. The molecule has 94 valence electrons. The molecule has 1 aromatic rings. The van der Waals surface area contributed by atoms with E-state index in [1.165, 1.54) is 12.8 Å². The highest BCUT2D eigenvalue weighted by atomic mass is 15.2. The van der Waals surface area contributed by atoms with Crippen LogP contribution in [0.25, 0.3) is 0 Å². The molecule has 0 amide bonds. The summed E-state index contributed by atoms with van der Waals surface area (Å²) in [6, 6.07) is 4.70. The first-order valence-corrected chi connectivity index (χ1v) is 6.56. The molecule has 1 unspecified atom stereocenters. The van der Waals surface area contributed by atoms with Gasteiger partial charge in [0, 0.05) is 24.8 Å². The third-order valence-electron chi connectivity index (χ3n) is 3.36. The fraction of sp³-hybridized carbons (Fsp3) is 0.643. The van der Waals surface area contributed by atoms with Crippen LogP contribution in [-0.2, 0) is 0 Å². The number of hydrogen-bond acceptors (Lipinski definition) is 3. The van der Waals surface area contributed by atoms with Crippen molar-refractivity contribution in [2.75, 3.05) is 11.4 Å². The second-order valence-electron chi connectivity index (χ2n) is 5.43. The molecule has 0 aliphatic heterocycles. The molecule has 0 radical (unpaired) electrons. The molecule has 17 heavy (non-hydrogen) atoms. The van der Waals surface area contributed by atoms with Crippen LogP contribution < -0.4 is 10.6 Å². The SMILES string of the molecule is CC(N)c1ccnc(N(CC2CC2)C(C)C)c1. The summed E-state index contributed by atoms with van der Waals surface area (Å²) in [6.07, 6.45) is 4.61. The third kappa shape index (κ3) is 3.19. The number of rotatable bonds is 5. The van der Waals surface area contributed by atoms with Crippen molar-refractivity contribution in [1.82, 2.24) is 4.98 Å². The highest BCUT2D eigenvalue weighted by molar-refractivity contribution is 5.42. The summed E-state index contributed by atoms with van der Waals surface area (Å²) < 4.78 is 0. The average Bonchev–Trinajstić information content (AvgIpc) is 3.09. The Hall–Kier alpha value is -1.09. The van der Waals surface area contributed by atoms with Crippen molar-refractivity contribution < 1.29 is 0 Å². The van der Waals surface area contributed by atoms with E-state index in [0.29, 0.717) is 6.04 Å². The number of nitrogens with two attached hydrogens (primary N) is 1. The van der Waals surface area contributed by atoms with Gasteiger partial charge < -0.3 is 10.6 Å². The Bertz CT molecular complexity index is 369. The first kappa shape index (κ1) is 12.4. The second-order valence-corrected chi connectivity index (χ2v) is 5.43. The molecule has 1 aliphatic carbocycles. The van der Waals surface area contributed by atoms with Gasteiger partial charge in [0.2, 0.25) is 0 Å². The lowest BCUT2D eigenvalue weighted by Crippen LogP contribution is -2.33. The molecule has 2 rings (SSSR count). The Morgan fingerprint density at radius 3 is 2.65 bits per heavy atom. The summed E-state index contributed by atoms with van der Waals surface area (Å²) >= 11 is 0. The number of hydrogen-bond donors (Lipinski definition) is 1. The summed E-state index contributed by atoms with van der Waals surface area (Å²) in [6.45, 7) is 7.60. The topological polar surface area (TPSA) is 42.1 Å². The Morgan fingerprint density at radius 1 is 1.41 bits per heavy atom. The standard InChI is InChI=1S/C14H23N3/c1-10(2)17(9-12-4-5-12)14-8-13(11(3)15)6-7-16-14/h6-8,10-12H,4-5,9,15H2,1-3H3. The zero-order valence-electron chi connectivity index (χ0n) is 11.1. The molecule has 0 bridgehead atoms. The molecular weight excluding hydrogens is 210 g/mol. The van der Waals surface area contributed by atoms with Crippen LogP contribution in [0.3, 0.4) is 0 Å². The van der Waals surface area contributed by atoms with E-state index in [1.54, 1.807) is 0 Å². The molecule has 0 saturated heterocycles. The maximum atomic E-state index is 5.93. The number of anilines is 1. The van der Waals surface area contributed by atoms with Crippen LogP contribution in [0.1, 0.15) is 45.2 Å². The van der Waals surface area contributed by atoms with E-state index in [2.05, 4.69) is 29.8 Å². The normalized spacial score (nSPS) is 17.2. The number of pyridine rings is 1. The summed E-state index contributed by atoms with van der Waals surface area (Å²) in [4.78, 5) is 6.89. The van der Waals surface area contributed by atoms with Crippen LogP contribution in [0.5, 0.6) is 0 Å². The molecule has 3 nitrogen and oxygen atoms in total. The van der Waals surface area contributed by atoms with Gasteiger partial charge in [0.15, 0.2) is 0 Å². The van der Waals surface area contributed by atoms with Gasteiger partial charge in [0.25, 0.3) is 0 Å². The van der Waals surface area contributed by atoms with E-state index < -0.39 is 0 Å². The van der Waals surface area contributed by atoms with Crippen LogP contribution in [0, 0.1) is 5.92 Å². The van der Waals surface area contributed by atoms with Crippen LogP contribution in [0.4, 0.5) is 5.82 Å². The second kappa shape index (κ2) is 5.05. The van der Waals surface area contributed by atoms with Gasteiger partial charge >= 0.3 is 0 Å². The molecule has 1 aromatic heterocycles. The first-order chi connectivity index (χ1) is 8.08. The van der Waals surface area contributed by atoms with E-state index in [4.69, 9.17) is 5.73 Å². The summed E-state index contributed by atoms with van der Waals surface area (Å²) in [5.41, 5.74) is 7.09. The van der Waals surface area contributed by atoms with E-state index in [1.807, 2.05) is 19.2 Å². The Balaban J connectivity index is 2.18. The van der Waals surface area contributed by atoms with Crippen molar-refractivity contribution >= 4 is 5.82 Å². The molecule has 1 heterocycles. The van der Waals surface area contributed by atoms with Gasteiger partial charge in [-0.25, -0.2) is 4.98 Å². The lowest BCUT2D eigenvalue weighted by molar-refractivity contribution is 0.635. The highest BCUT2D eigenvalue weighted by Crippen LogP contribution is 2.32. The number of aromatic nitrogens is 1. The number of nitrogens with zero attached hydrogens (tertiary/aromatic N) is 2. The fourth-order valence-electron chi connectivity index (χ4n) is 2.02. The van der Waals surface area contributed by atoms with Gasteiger partial charge in [0.1, 0.15) is 5.82 Å². The molecule has 1 saturated carbocycles.